The minimum Gasteiger partial charge on any atom is -0.476 e. The molecule has 0 spiro atoms. The number of carbonyl (C=O) groups is 3. The second-order valence-corrected chi connectivity index (χ2v) is 8.39. The summed E-state index contributed by atoms with van der Waals surface area (Å²) in [5, 5.41) is 0. The molecule has 2 saturated heterocycles. The number of para-hydroxylation sites is 2. The Bertz CT molecular complexity index is 913. The Morgan fingerprint density at radius 2 is 1.65 bits per heavy atom. The number of alkyl halides is 3. The number of hydrogen-bond donors (Lipinski definition) is 0. The Labute approximate surface area is 194 Å². The van der Waals surface area contributed by atoms with E-state index in [2.05, 4.69) is 4.74 Å². The standard InChI is InChI=1S/C22H26F3N3O6/c23-22(24,25)14-33-21(31)27-7-5-15(6-8-27)19(29)28-13-18(20(30)26-9-11-32-12-10-26)34-17-4-2-1-3-16(17)28/h1-4,15,18H,5-14H2. The first-order chi connectivity index (χ1) is 16.2. The van der Waals surface area contributed by atoms with Crippen molar-refractivity contribution in [3.63, 3.8) is 0 Å². The topological polar surface area (TPSA) is 88.6 Å². The van der Waals surface area contributed by atoms with Gasteiger partial charge in [0.25, 0.3) is 5.91 Å². The fourth-order valence-corrected chi connectivity index (χ4v) is 4.32. The number of likely N-dealkylation sites (tertiary alicyclic amines) is 1. The van der Waals surface area contributed by atoms with E-state index in [1.54, 1.807) is 34.1 Å². The highest BCUT2D eigenvalue weighted by molar-refractivity contribution is 5.98. The van der Waals surface area contributed by atoms with Crippen molar-refractivity contribution in [1.29, 1.82) is 0 Å². The second-order valence-electron chi connectivity index (χ2n) is 8.39. The third-order valence-corrected chi connectivity index (χ3v) is 6.10. The monoisotopic (exact) mass is 485 g/mol. The van der Waals surface area contributed by atoms with Crippen molar-refractivity contribution in [1.82, 2.24) is 9.80 Å². The Kier molecular flexibility index (Phi) is 7.15. The van der Waals surface area contributed by atoms with E-state index >= 15 is 0 Å². The normalized spacial score (nSPS) is 21.5. The van der Waals surface area contributed by atoms with Crippen molar-refractivity contribution >= 4 is 23.6 Å². The van der Waals surface area contributed by atoms with E-state index in [0.717, 1.165) is 0 Å². The molecule has 1 atom stereocenters. The number of amides is 3. The molecule has 4 rings (SSSR count). The van der Waals surface area contributed by atoms with Crippen LogP contribution in [0, 0.1) is 5.92 Å². The van der Waals surface area contributed by atoms with Crippen molar-refractivity contribution in [3.05, 3.63) is 24.3 Å². The zero-order valence-electron chi connectivity index (χ0n) is 18.5. The Morgan fingerprint density at radius 1 is 0.971 bits per heavy atom. The third-order valence-electron chi connectivity index (χ3n) is 6.10. The molecule has 0 radical (unpaired) electrons. The summed E-state index contributed by atoms with van der Waals surface area (Å²) in [5.41, 5.74) is 0.561. The fraction of sp³-hybridized carbons (Fsp3) is 0.591. The molecule has 0 saturated carbocycles. The number of ether oxygens (including phenoxy) is 3. The maximum atomic E-state index is 13.4. The lowest BCUT2D eigenvalue weighted by molar-refractivity contribution is -0.162. The molecule has 34 heavy (non-hydrogen) atoms. The Morgan fingerprint density at radius 3 is 2.32 bits per heavy atom. The number of rotatable bonds is 3. The largest absolute Gasteiger partial charge is 0.476 e. The lowest BCUT2D eigenvalue weighted by atomic mass is 9.94. The predicted molar refractivity (Wildman–Crippen MR) is 112 cm³/mol. The van der Waals surface area contributed by atoms with Crippen LogP contribution in [0.2, 0.25) is 0 Å². The van der Waals surface area contributed by atoms with Crippen molar-refractivity contribution in [2.24, 2.45) is 5.92 Å². The molecule has 0 N–H and O–H groups in total. The van der Waals surface area contributed by atoms with Gasteiger partial charge in [-0.05, 0) is 25.0 Å². The summed E-state index contributed by atoms with van der Waals surface area (Å²) in [4.78, 5) is 42.7. The van der Waals surface area contributed by atoms with Crippen molar-refractivity contribution < 1.29 is 41.8 Å². The first-order valence-corrected chi connectivity index (χ1v) is 11.1. The number of hydrogen-bond acceptors (Lipinski definition) is 6. The van der Waals surface area contributed by atoms with Crippen LogP contribution in [0.4, 0.5) is 23.7 Å². The minimum absolute atomic E-state index is 0.0554. The second kappa shape index (κ2) is 10.1. The molecular formula is C22H26F3N3O6. The first-order valence-electron chi connectivity index (χ1n) is 11.1. The van der Waals surface area contributed by atoms with Gasteiger partial charge < -0.3 is 28.9 Å². The van der Waals surface area contributed by atoms with Gasteiger partial charge >= 0.3 is 12.3 Å². The maximum absolute atomic E-state index is 13.4. The molecule has 3 aliphatic rings. The van der Waals surface area contributed by atoms with E-state index in [0.29, 0.717) is 37.7 Å². The van der Waals surface area contributed by atoms with Crippen LogP contribution in [0.15, 0.2) is 24.3 Å². The molecule has 0 bridgehead atoms. The molecule has 3 aliphatic heterocycles. The summed E-state index contributed by atoms with van der Waals surface area (Å²) in [5.74, 6) is -0.435. The molecule has 1 unspecified atom stereocenters. The summed E-state index contributed by atoms with van der Waals surface area (Å²) in [6.07, 6.45) is -5.93. The SMILES string of the molecule is O=C(OCC(F)(F)F)N1CCC(C(=O)N2CC(C(=O)N3CCOCC3)Oc3ccccc32)CC1. The van der Waals surface area contributed by atoms with E-state index in [-0.39, 0.29) is 44.3 Å². The molecule has 0 aliphatic carbocycles. The highest BCUT2D eigenvalue weighted by atomic mass is 19.4. The van der Waals surface area contributed by atoms with E-state index in [4.69, 9.17) is 9.47 Å². The van der Waals surface area contributed by atoms with Gasteiger partial charge in [0.15, 0.2) is 12.7 Å². The lowest BCUT2D eigenvalue weighted by Crippen LogP contribution is -2.55. The molecule has 1 aromatic rings. The summed E-state index contributed by atoms with van der Waals surface area (Å²) >= 11 is 0. The summed E-state index contributed by atoms with van der Waals surface area (Å²) in [7, 11) is 0. The zero-order valence-corrected chi connectivity index (χ0v) is 18.5. The number of halogens is 3. The maximum Gasteiger partial charge on any atom is 0.422 e. The fourth-order valence-electron chi connectivity index (χ4n) is 4.32. The van der Waals surface area contributed by atoms with Gasteiger partial charge in [-0.25, -0.2) is 4.79 Å². The number of morpholine rings is 1. The van der Waals surface area contributed by atoms with Crippen LogP contribution in [-0.2, 0) is 19.1 Å². The van der Waals surface area contributed by atoms with Crippen LogP contribution >= 0.6 is 0 Å². The molecular weight excluding hydrogens is 459 g/mol. The highest BCUT2D eigenvalue weighted by Crippen LogP contribution is 2.35. The van der Waals surface area contributed by atoms with Crippen LogP contribution in [0.3, 0.4) is 0 Å². The molecule has 2 fully saturated rings. The van der Waals surface area contributed by atoms with Gasteiger partial charge in [-0.1, -0.05) is 12.1 Å². The van der Waals surface area contributed by atoms with Crippen LogP contribution in [0.5, 0.6) is 5.75 Å². The van der Waals surface area contributed by atoms with E-state index in [1.807, 2.05) is 0 Å². The van der Waals surface area contributed by atoms with Gasteiger partial charge in [-0.15, -0.1) is 0 Å². The molecule has 0 aromatic heterocycles. The summed E-state index contributed by atoms with van der Waals surface area (Å²) in [6, 6.07) is 6.97. The summed E-state index contributed by atoms with van der Waals surface area (Å²) < 4.78 is 52.4. The predicted octanol–water partition coefficient (Wildman–Crippen LogP) is 2.05. The van der Waals surface area contributed by atoms with Crippen LogP contribution in [0.25, 0.3) is 0 Å². The van der Waals surface area contributed by atoms with Gasteiger partial charge in [-0.2, -0.15) is 13.2 Å². The van der Waals surface area contributed by atoms with Crippen molar-refractivity contribution in [3.8, 4) is 5.75 Å². The minimum atomic E-state index is -4.59. The van der Waals surface area contributed by atoms with Crippen molar-refractivity contribution in [2.45, 2.75) is 25.1 Å². The number of benzene rings is 1. The molecule has 1 aromatic carbocycles. The number of nitrogens with zero attached hydrogens (tertiary/aromatic N) is 3. The summed E-state index contributed by atoms with van der Waals surface area (Å²) in [6.45, 7) is 0.426. The van der Waals surface area contributed by atoms with E-state index in [1.165, 1.54) is 4.90 Å². The zero-order chi connectivity index (χ0) is 24.3. The third kappa shape index (κ3) is 5.54. The number of carbonyl (C=O) groups excluding carboxylic acids is 3. The van der Waals surface area contributed by atoms with Crippen LogP contribution in [0.1, 0.15) is 12.8 Å². The molecule has 186 valence electrons. The smallest absolute Gasteiger partial charge is 0.422 e. The number of anilines is 1. The average molecular weight is 485 g/mol. The highest BCUT2D eigenvalue weighted by Gasteiger charge is 2.40. The molecule has 9 nitrogen and oxygen atoms in total. The van der Waals surface area contributed by atoms with Gasteiger partial charge in [0.1, 0.15) is 5.75 Å². The molecule has 3 amide bonds. The number of fused-ring (bicyclic) bond motifs is 1. The first kappa shape index (κ1) is 24.1. The van der Waals surface area contributed by atoms with Gasteiger partial charge in [0.2, 0.25) is 5.91 Å². The Balaban J connectivity index is 1.41. The Hall–Kier alpha value is -3.02. The van der Waals surface area contributed by atoms with Gasteiger partial charge in [0, 0.05) is 32.1 Å². The van der Waals surface area contributed by atoms with Crippen LogP contribution in [-0.4, -0.2) is 92.5 Å². The molecule has 12 heteroatoms. The quantitative estimate of drug-likeness (QED) is 0.651. The lowest BCUT2D eigenvalue weighted by Gasteiger charge is -2.39. The van der Waals surface area contributed by atoms with Crippen LogP contribution < -0.4 is 9.64 Å². The van der Waals surface area contributed by atoms with E-state index < -0.39 is 30.9 Å². The van der Waals surface area contributed by atoms with Crippen molar-refractivity contribution in [2.75, 3.05) is 57.4 Å². The average Bonchev–Trinajstić information content (AvgIpc) is 2.86. The van der Waals surface area contributed by atoms with Gasteiger partial charge in [0.05, 0.1) is 25.4 Å². The van der Waals surface area contributed by atoms with E-state index in [9.17, 15) is 27.6 Å². The number of piperidine rings is 1. The van der Waals surface area contributed by atoms with Gasteiger partial charge in [-0.3, -0.25) is 9.59 Å². The molecule has 3 heterocycles.